The molecule has 1 aromatic carbocycles. The minimum Gasteiger partial charge on any atom is -0.500 e. The first-order valence-corrected chi connectivity index (χ1v) is 7.39. The Morgan fingerprint density at radius 2 is 2.24 bits per heavy atom. The molecule has 3 N–H and O–H groups in total. The number of nitrogens with zero attached hydrogens (tertiary/aromatic N) is 3. The van der Waals surface area contributed by atoms with Crippen LogP contribution < -0.4 is 15.7 Å². The van der Waals surface area contributed by atoms with Gasteiger partial charge >= 0.3 is 5.69 Å². The van der Waals surface area contributed by atoms with Crippen molar-refractivity contribution in [1.29, 1.82) is 0 Å². The smallest absolute Gasteiger partial charge is 0.315 e. The Morgan fingerprint density at radius 3 is 2.88 bits per heavy atom. The maximum Gasteiger partial charge on any atom is 0.315 e. The van der Waals surface area contributed by atoms with Crippen LogP contribution in [0.5, 0.6) is 11.5 Å². The van der Waals surface area contributed by atoms with Crippen LogP contribution >= 0.6 is 0 Å². The highest BCUT2D eigenvalue weighted by molar-refractivity contribution is 5.83. The number of benzene rings is 1. The van der Waals surface area contributed by atoms with Gasteiger partial charge in [0.05, 0.1) is 18.2 Å². The number of H-pyrrole nitrogens is 1. The summed E-state index contributed by atoms with van der Waals surface area (Å²) in [5.41, 5.74) is 2.70. The molecule has 10 nitrogen and oxygen atoms in total. The fraction of sp³-hybridized carbons (Fsp3) is 0.267. The van der Waals surface area contributed by atoms with Crippen LogP contribution in [-0.4, -0.2) is 33.3 Å². The normalized spacial score (nSPS) is 10.8. The van der Waals surface area contributed by atoms with E-state index in [0.29, 0.717) is 17.7 Å². The number of nitrogens with one attached hydrogen (secondary N) is 2. The third-order valence-electron chi connectivity index (χ3n) is 3.18. The van der Waals surface area contributed by atoms with E-state index in [4.69, 9.17) is 4.74 Å². The molecule has 0 aliphatic carbocycles. The van der Waals surface area contributed by atoms with Gasteiger partial charge in [-0.1, -0.05) is 13.3 Å². The number of anilines is 1. The molecule has 0 unspecified atom stereocenters. The largest absolute Gasteiger partial charge is 0.500 e. The minimum atomic E-state index is -0.726. The first kappa shape index (κ1) is 17.9. The zero-order chi connectivity index (χ0) is 18.4. The lowest BCUT2D eigenvalue weighted by Crippen LogP contribution is -2.12. The number of methoxy groups -OCH3 is 1. The summed E-state index contributed by atoms with van der Waals surface area (Å²) in [5, 5.41) is 24.6. The van der Waals surface area contributed by atoms with E-state index in [9.17, 15) is 20.0 Å². The van der Waals surface area contributed by atoms with Crippen LogP contribution in [0.3, 0.4) is 0 Å². The lowest BCUT2D eigenvalue weighted by molar-refractivity contribution is -0.386. The summed E-state index contributed by atoms with van der Waals surface area (Å²) in [6.07, 6.45) is 2.78. The number of aryl methyl sites for hydroxylation is 1. The number of hydrogen-bond acceptors (Lipinski definition) is 8. The van der Waals surface area contributed by atoms with E-state index in [2.05, 4.69) is 20.5 Å². The summed E-state index contributed by atoms with van der Waals surface area (Å²) in [4.78, 5) is 28.5. The Hall–Kier alpha value is -3.43. The number of nitro benzene ring substituents is 1. The molecule has 0 aliphatic heterocycles. The predicted octanol–water partition coefficient (Wildman–Crippen LogP) is 1.79. The molecule has 0 amide bonds. The SMILES string of the molecule is CCCc1cc(=O)[nH]c(N/N=C/c2cc(OC)c(O)c([N+](=O)[O-])c2)n1. The third kappa shape index (κ3) is 4.53. The van der Waals surface area contributed by atoms with Gasteiger partial charge in [-0.2, -0.15) is 5.10 Å². The van der Waals surface area contributed by atoms with Crippen molar-refractivity contribution in [2.75, 3.05) is 12.5 Å². The molecule has 25 heavy (non-hydrogen) atoms. The van der Waals surface area contributed by atoms with E-state index in [0.717, 1.165) is 12.5 Å². The van der Waals surface area contributed by atoms with Crippen LogP contribution in [0.1, 0.15) is 24.6 Å². The number of rotatable bonds is 7. The van der Waals surface area contributed by atoms with Gasteiger partial charge in [-0.15, -0.1) is 0 Å². The standard InChI is InChI=1S/C15H17N5O5/c1-3-4-10-7-13(21)18-15(17-10)19-16-8-9-5-11(20(23)24)14(22)12(6-9)25-2/h5-8,22H,3-4H2,1-2H3,(H2,17,18,19,21)/b16-8+. The summed E-state index contributed by atoms with van der Waals surface area (Å²) in [6.45, 7) is 1.97. The number of aromatic nitrogens is 2. The van der Waals surface area contributed by atoms with E-state index in [1.807, 2.05) is 6.92 Å². The average Bonchev–Trinajstić information content (AvgIpc) is 2.55. The molecule has 0 radical (unpaired) electrons. The van der Waals surface area contributed by atoms with Crippen LogP contribution in [0, 0.1) is 10.1 Å². The molecule has 132 valence electrons. The highest BCUT2D eigenvalue weighted by Gasteiger charge is 2.19. The summed E-state index contributed by atoms with van der Waals surface area (Å²) < 4.78 is 4.90. The van der Waals surface area contributed by atoms with Crippen LogP contribution in [-0.2, 0) is 6.42 Å². The Kier molecular flexibility index (Phi) is 5.66. The molecule has 0 saturated carbocycles. The first-order valence-electron chi connectivity index (χ1n) is 7.39. The highest BCUT2D eigenvalue weighted by Crippen LogP contribution is 2.36. The van der Waals surface area contributed by atoms with Crippen molar-refractivity contribution in [1.82, 2.24) is 9.97 Å². The monoisotopic (exact) mass is 347 g/mol. The molecule has 0 fully saturated rings. The zero-order valence-electron chi connectivity index (χ0n) is 13.6. The number of hydrazone groups is 1. The average molecular weight is 347 g/mol. The summed E-state index contributed by atoms with van der Waals surface area (Å²) in [7, 11) is 1.28. The maximum atomic E-state index is 11.6. The zero-order valence-corrected chi connectivity index (χ0v) is 13.6. The van der Waals surface area contributed by atoms with Gasteiger partial charge in [0.2, 0.25) is 11.7 Å². The van der Waals surface area contributed by atoms with Gasteiger partial charge in [0.25, 0.3) is 5.56 Å². The number of hydrogen-bond donors (Lipinski definition) is 3. The van der Waals surface area contributed by atoms with Gasteiger partial charge in [-0.05, 0) is 12.5 Å². The quantitative estimate of drug-likeness (QED) is 0.393. The Balaban J connectivity index is 2.24. The molecule has 2 rings (SSSR count). The van der Waals surface area contributed by atoms with Gasteiger partial charge in [0, 0.05) is 23.4 Å². The first-order chi connectivity index (χ1) is 11.9. The van der Waals surface area contributed by atoms with Crippen molar-refractivity contribution in [2.45, 2.75) is 19.8 Å². The van der Waals surface area contributed by atoms with Gasteiger partial charge in [0.15, 0.2) is 5.75 Å². The molecular weight excluding hydrogens is 330 g/mol. The number of ether oxygens (including phenoxy) is 1. The predicted molar refractivity (Wildman–Crippen MR) is 91.4 cm³/mol. The number of phenols is 1. The minimum absolute atomic E-state index is 0.0490. The molecule has 1 aromatic heterocycles. The van der Waals surface area contributed by atoms with E-state index in [-0.39, 0.29) is 17.3 Å². The van der Waals surface area contributed by atoms with Crippen molar-refractivity contribution in [3.63, 3.8) is 0 Å². The lowest BCUT2D eigenvalue weighted by atomic mass is 10.2. The molecule has 0 spiro atoms. The highest BCUT2D eigenvalue weighted by atomic mass is 16.6. The van der Waals surface area contributed by atoms with Gasteiger partial charge in [0.1, 0.15) is 0 Å². The summed E-state index contributed by atoms with van der Waals surface area (Å²) in [5.74, 6) is -0.449. The van der Waals surface area contributed by atoms with Crippen molar-refractivity contribution >= 4 is 17.9 Å². The number of nitro groups is 1. The molecular formula is C15H17N5O5. The molecule has 0 saturated heterocycles. The van der Waals surface area contributed by atoms with E-state index in [1.54, 1.807) is 0 Å². The number of phenolic OH excluding ortho intramolecular Hbond substituents is 1. The second kappa shape index (κ2) is 7.90. The number of aromatic amines is 1. The van der Waals surface area contributed by atoms with Crippen LogP contribution in [0.2, 0.25) is 0 Å². The molecule has 1 heterocycles. The molecule has 0 aliphatic rings. The van der Waals surface area contributed by atoms with Gasteiger partial charge in [-0.25, -0.2) is 10.4 Å². The Labute approximate surface area is 142 Å². The van der Waals surface area contributed by atoms with Gasteiger partial charge < -0.3 is 9.84 Å². The summed E-state index contributed by atoms with van der Waals surface area (Å²) >= 11 is 0. The van der Waals surface area contributed by atoms with Gasteiger partial charge in [-0.3, -0.25) is 19.9 Å². The maximum absolute atomic E-state index is 11.6. The van der Waals surface area contributed by atoms with Crippen molar-refractivity contribution in [2.24, 2.45) is 5.10 Å². The van der Waals surface area contributed by atoms with E-state index in [1.165, 1.54) is 25.5 Å². The molecule has 2 aromatic rings. The van der Waals surface area contributed by atoms with E-state index < -0.39 is 16.4 Å². The summed E-state index contributed by atoms with van der Waals surface area (Å²) in [6, 6.07) is 3.94. The topological polar surface area (TPSA) is 143 Å². The van der Waals surface area contributed by atoms with Crippen LogP contribution in [0.15, 0.2) is 28.1 Å². The molecule has 0 bridgehead atoms. The fourth-order valence-electron chi connectivity index (χ4n) is 2.10. The molecule has 10 heteroatoms. The Morgan fingerprint density at radius 1 is 1.48 bits per heavy atom. The second-order valence-corrected chi connectivity index (χ2v) is 5.05. The fourth-order valence-corrected chi connectivity index (χ4v) is 2.10. The number of aromatic hydroxyl groups is 1. The lowest BCUT2D eigenvalue weighted by Gasteiger charge is -2.05. The Bertz CT molecular complexity index is 862. The molecule has 0 atom stereocenters. The van der Waals surface area contributed by atoms with Crippen LogP contribution in [0.25, 0.3) is 0 Å². The van der Waals surface area contributed by atoms with Crippen LogP contribution in [0.4, 0.5) is 11.6 Å². The third-order valence-corrected chi connectivity index (χ3v) is 3.18. The van der Waals surface area contributed by atoms with E-state index >= 15 is 0 Å². The van der Waals surface area contributed by atoms with Crippen molar-refractivity contribution < 1.29 is 14.8 Å². The second-order valence-electron chi connectivity index (χ2n) is 5.05. The van der Waals surface area contributed by atoms with Crippen molar-refractivity contribution in [3.05, 3.63) is 49.9 Å². The van der Waals surface area contributed by atoms with Crippen molar-refractivity contribution in [3.8, 4) is 11.5 Å².